The molecule has 0 heterocycles. The molecule has 0 unspecified atom stereocenters. The van der Waals surface area contributed by atoms with Crippen molar-refractivity contribution in [1.82, 2.24) is 0 Å². The summed E-state index contributed by atoms with van der Waals surface area (Å²) in [5, 5.41) is 9.16. The van der Waals surface area contributed by atoms with Crippen molar-refractivity contribution in [2.24, 2.45) is 0 Å². The van der Waals surface area contributed by atoms with Gasteiger partial charge in [-0.15, -0.1) is 11.8 Å². The molecule has 1 aromatic carbocycles. The molecular weight excluding hydrogens is 208 g/mol. The van der Waals surface area contributed by atoms with Crippen LogP contribution in [-0.2, 0) is 0 Å². The van der Waals surface area contributed by atoms with E-state index in [0.29, 0.717) is 16.3 Å². The van der Waals surface area contributed by atoms with E-state index in [1.807, 2.05) is 0 Å². The molecule has 1 rings (SSSR count). The minimum Gasteiger partial charge on any atom is -0.396 e. The van der Waals surface area contributed by atoms with Crippen LogP contribution in [0.4, 0.5) is 0 Å². The fraction of sp³-hybridized carbons (Fsp3) is 0.222. The maximum atomic E-state index is 10.4. The van der Waals surface area contributed by atoms with Gasteiger partial charge in [0.05, 0.1) is 11.6 Å². The molecule has 0 aromatic heterocycles. The zero-order chi connectivity index (χ0) is 9.68. The molecule has 0 fully saturated rings. The number of aliphatic hydroxyl groups excluding tert-OH is 1. The molecular formula is C9H9ClO2S. The average molecular weight is 217 g/mol. The van der Waals surface area contributed by atoms with E-state index in [-0.39, 0.29) is 6.61 Å². The predicted octanol–water partition coefficient (Wildman–Crippen LogP) is 2.24. The van der Waals surface area contributed by atoms with Crippen molar-refractivity contribution in [1.29, 1.82) is 0 Å². The van der Waals surface area contributed by atoms with E-state index in [1.54, 1.807) is 18.2 Å². The molecule has 0 aliphatic heterocycles. The van der Waals surface area contributed by atoms with Gasteiger partial charge in [0.1, 0.15) is 6.29 Å². The highest BCUT2D eigenvalue weighted by atomic mass is 35.5. The Bertz CT molecular complexity index is 302. The smallest absolute Gasteiger partial charge is 0.150 e. The fourth-order valence-electron chi connectivity index (χ4n) is 0.863. The van der Waals surface area contributed by atoms with Gasteiger partial charge in [-0.1, -0.05) is 17.7 Å². The molecule has 0 aliphatic rings. The summed E-state index contributed by atoms with van der Waals surface area (Å²) in [4.78, 5) is 11.3. The second kappa shape index (κ2) is 5.27. The SMILES string of the molecule is O=Cc1ccc(SCCO)c(Cl)c1. The lowest BCUT2D eigenvalue weighted by Gasteiger charge is -2.02. The van der Waals surface area contributed by atoms with Crippen LogP contribution in [0.25, 0.3) is 0 Å². The minimum atomic E-state index is 0.121. The monoisotopic (exact) mass is 216 g/mol. The van der Waals surface area contributed by atoms with Crippen molar-refractivity contribution >= 4 is 29.6 Å². The van der Waals surface area contributed by atoms with Crippen LogP contribution in [0.1, 0.15) is 10.4 Å². The zero-order valence-electron chi connectivity index (χ0n) is 6.87. The first-order chi connectivity index (χ1) is 6.27. The Labute approximate surface area is 85.9 Å². The number of halogens is 1. The van der Waals surface area contributed by atoms with Gasteiger partial charge in [-0.3, -0.25) is 4.79 Å². The van der Waals surface area contributed by atoms with Crippen LogP contribution in [0.2, 0.25) is 5.02 Å². The summed E-state index contributed by atoms with van der Waals surface area (Å²) in [5.74, 6) is 0.611. The lowest BCUT2D eigenvalue weighted by atomic mass is 10.2. The summed E-state index contributed by atoms with van der Waals surface area (Å²) in [6.07, 6.45) is 0.756. The molecule has 70 valence electrons. The highest BCUT2D eigenvalue weighted by Gasteiger charge is 2.01. The van der Waals surface area contributed by atoms with E-state index in [2.05, 4.69) is 0 Å². The number of thioether (sulfide) groups is 1. The van der Waals surface area contributed by atoms with Crippen LogP contribution < -0.4 is 0 Å². The molecule has 4 heteroatoms. The average Bonchev–Trinajstić information content (AvgIpc) is 2.16. The van der Waals surface area contributed by atoms with E-state index in [9.17, 15) is 4.79 Å². The molecule has 13 heavy (non-hydrogen) atoms. The first kappa shape index (κ1) is 10.6. The van der Waals surface area contributed by atoms with Crippen LogP contribution in [0.3, 0.4) is 0 Å². The maximum Gasteiger partial charge on any atom is 0.150 e. The lowest BCUT2D eigenvalue weighted by Crippen LogP contribution is -1.87. The number of carbonyl (C=O) groups is 1. The highest BCUT2D eigenvalue weighted by Crippen LogP contribution is 2.27. The summed E-state index contributed by atoms with van der Waals surface area (Å²) in [6, 6.07) is 5.11. The van der Waals surface area contributed by atoms with E-state index in [1.165, 1.54) is 11.8 Å². The van der Waals surface area contributed by atoms with Gasteiger partial charge in [-0.2, -0.15) is 0 Å². The fourth-order valence-corrected chi connectivity index (χ4v) is 1.89. The Kier molecular flexibility index (Phi) is 4.28. The molecule has 0 spiro atoms. The van der Waals surface area contributed by atoms with Gasteiger partial charge in [0.15, 0.2) is 0 Å². The first-order valence-corrected chi connectivity index (χ1v) is 5.12. The van der Waals surface area contributed by atoms with Crippen molar-refractivity contribution < 1.29 is 9.90 Å². The topological polar surface area (TPSA) is 37.3 Å². The number of hydrogen-bond acceptors (Lipinski definition) is 3. The molecule has 0 aliphatic carbocycles. The van der Waals surface area contributed by atoms with Gasteiger partial charge in [-0.25, -0.2) is 0 Å². The molecule has 0 atom stereocenters. The molecule has 0 saturated carbocycles. The lowest BCUT2D eigenvalue weighted by molar-refractivity contribution is 0.112. The summed E-state index contributed by atoms with van der Waals surface area (Å²) >= 11 is 7.35. The van der Waals surface area contributed by atoms with E-state index in [4.69, 9.17) is 16.7 Å². The third-order valence-electron chi connectivity index (χ3n) is 1.44. The predicted molar refractivity (Wildman–Crippen MR) is 54.6 cm³/mol. The van der Waals surface area contributed by atoms with Crippen molar-refractivity contribution in [3.63, 3.8) is 0 Å². The van der Waals surface area contributed by atoms with E-state index < -0.39 is 0 Å². The maximum absolute atomic E-state index is 10.4. The quantitative estimate of drug-likeness (QED) is 0.620. The van der Waals surface area contributed by atoms with Crippen LogP contribution in [0.15, 0.2) is 23.1 Å². The minimum absolute atomic E-state index is 0.121. The second-order valence-corrected chi connectivity index (χ2v) is 3.92. The van der Waals surface area contributed by atoms with Crippen LogP contribution in [0, 0.1) is 0 Å². The van der Waals surface area contributed by atoms with Gasteiger partial charge in [0.25, 0.3) is 0 Å². The number of aldehydes is 1. The standard InChI is InChI=1S/C9H9ClO2S/c10-8-5-7(6-12)1-2-9(8)13-4-3-11/h1-2,5-6,11H,3-4H2. The normalized spacial score (nSPS) is 10.0. The van der Waals surface area contributed by atoms with Gasteiger partial charge in [0, 0.05) is 16.2 Å². The number of hydrogen-bond donors (Lipinski definition) is 1. The number of aliphatic hydroxyl groups is 1. The second-order valence-electron chi connectivity index (χ2n) is 2.38. The Morgan fingerprint density at radius 1 is 1.54 bits per heavy atom. The van der Waals surface area contributed by atoms with Gasteiger partial charge in [0.2, 0.25) is 0 Å². The van der Waals surface area contributed by atoms with Crippen molar-refractivity contribution in [2.45, 2.75) is 4.90 Å². The Balaban J connectivity index is 2.79. The van der Waals surface area contributed by atoms with Gasteiger partial charge < -0.3 is 5.11 Å². The molecule has 0 bridgehead atoms. The van der Waals surface area contributed by atoms with Crippen molar-refractivity contribution in [2.75, 3.05) is 12.4 Å². The molecule has 1 N–H and O–H groups in total. The number of carbonyl (C=O) groups excluding carboxylic acids is 1. The summed E-state index contributed by atoms with van der Waals surface area (Å²) in [5.41, 5.74) is 0.568. The third-order valence-corrected chi connectivity index (χ3v) is 2.92. The zero-order valence-corrected chi connectivity index (χ0v) is 8.44. The number of rotatable bonds is 4. The van der Waals surface area contributed by atoms with Crippen molar-refractivity contribution in [3.05, 3.63) is 28.8 Å². The van der Waals surface area contributed by atoms with E-state index >= 15 is 0 Å². The van der Waals surface area contributed by atoms with Crippen molar-refractivity contribution in [3.8, 4) is 0 Å². The summed E-state index contributed by atoms with van der Waals surface area (Å²) in [7, 11) is 0. The molecule has 0 amide bonds. The van der Waals surface area contributed by atoms with E-state index in [0.717, 1.165) is 11.2 Å². The Morgan fingerprint density at radius 2 is 2.31 bits per heavy atom. The van der Waals surface area contributed by atoms with Gasteiger partial charge >= 0.3 is 0 Å². The largest absolute Gasteiger partial charge is 0.396 e. The highest BCUT2D eigenvalue weighted by molar-refractivity contribution is 7.99. The Hall–Kier alpha value is -0.510. The molecule has 0 radical (unpaired) electrons. The van der Waals surface area contributed by atoms with Gasteiger partial charge in [-0.05, 0) is 12.1 Å². The molecule has 1 aromatic rings. The van der Waals surface area contributed by atoms with Crippen LogP contribution in [-0.4, -0.2) is 23.8 Å². The third kappa shape index (κ3) is 3.03. The Morgan fingerprint density at radius 3 is 2.85 bits per heavy atom. The number of benzene rings is 1. The van der Waals surface area contributed by atoms with Crippen LogP contribution >= 0.6 is 23.4 Å². The van der Waals surface area contributed by atoms with Crippen LogP contribution in [0.5, 0.6) is 0 Å². The summed E-state index contributed by atoms with van der Waals surface area (Å²) < 4.78 is 0. The first-order valence-electron chi connectivity index (χ1n) is 3.76. The molecule has 0 saturated heterocycles. The summed E-state index contributed by atoms with van der Waals surface area (Å²) in [6.45, 7) is 0.121. The molecule has 2 nitrogen and oxygen atoms in total.